The minimum Gasteiger partial charge on any atom is -0.496 e. The summed E-state index contributed by atoms with van der Waals surface area (Å²) >= 11 is 3.35. The van der Waals surface area contributed by atoms with Crippen molar-refractivity contribution < 1.29 is 14.6 Å². The van der Waals surface area contributed by atoms with E-state index in [1.54, 1.807) is 33.3 Å². The minimum atomic E-state index is -0.781. The smallest absolute Gasteiger partial charge is 0.133 e. The van der Waals surface area contributed by atoms with Crippen LogP contribution in [0, 0.1) is 0 Å². The van der Waals surface area contributed by atoms with Crippen molar-refractivity contribution in [2.45, 2.75) is 19.1 Å². The molecule has 0 bridgehead atoms. The molecule has 0 unspecified atom stereocenters. The molecule has 0 spiro atoms. The van der Waals surface area contributed by atoms with Crippen molar-refractivity contribution in [1.82, 2.24) is 0 Å². The maximum absolute atomic E-state index is 9.94. The van der Waals surface area contributed by atoms with Crippen LogP contribution in [0.1, 0.15) is 18.6 Å². The number of methoxy groups -OCH3 is 2. The molecule has 2 atom stereocenters. The third kappa shape index (κ3) is 2.66. The SMILES string of the molecule is COc1cc([C@@H](O)[C@H](C)N)c(OC)cc1Br. The lowest BCUT2D eigenvalue weighted by Crippen LogP contribution is -2.24. The van der Waals surface area contributed by atoms with Gasteiger partial charge in [0.25, 0.3) is 0 Å². The topological polar surface area (TPSA) is 64.7 Å². The van der Waals surface area contributed by atoms with E-state index in [1.807, 2.05) is 0 Å². The van der Waals surface area contributed by atoms with E-state index in [9.17, 15) is 5.11 Å². The summed E-state index contributed by atoms with van der Waals surface area (Å²) in [5.41, 5.74) is 6.29. The quantitative estimate of drug-likeness (QED) is 0.888. The Kier molecular flexibility index (Phi) is 4.58. The molecular formula is C11H16BrNO3. The molecular weight excluding hydrogens is 274 g/mol. The predicted molar refractivity (Wildman–Crippen MR) is 65.9 cm³/mol. The lowest BCUT2D eigenvalue weighted by Gasteiger charge is -2.19. The number of nitrogens with two attached hydrogens (primary N) is 1. The van der Waals surface area contributed by atoms with Crippen molar-refractivity contribution in [3.8, 4) is 11.5 Å². The van der Waals surface area contributed by atoms with Crippen LogP contribution in [-0.2, 0) is 0 Å². The fourth-order valence-electron chi connectivity index (χ4n) is 1.40. The molecule has 1 rings (SSSR count). The molecule has 4 nitrogen and oxygen atoms in total. The van der Waals surface area contributed by atoms with Gasteiger partial charge in [-0.2, -0.15) is 0 Å². The summed E-state index contributed by atoms with van der Waals surface area (Å²) in [4.78, 5) is 0. The summed E-state index contributed by atoms with van der Waals surface area (Å²) in [6.07, 6.45) is -0.781. The third-order valence-corrected chi connectivity index (χ3v) is 2.94. The number of aliphatic hydroxyl groups is 1. The molecule has 0 aromatic heterocycles. The fraction of sp³-hybridized carbons (Fsp3) is 0.455. The van der Waals surface area contributed by atoms with E-state index in [-0.39, 0.29) is 6.04 Å². The van der Waals surface area contributed by atoms with Crippen molar-refractivity contribution in [3.63, 3.8) is 0 Å². The Morgan fingerprint density at radius 2 is 1.81 bits per heavy atom. The van der Waals surface area contributed by atoms with Crippen molar-refractivity contribution in [3.05, 3.63) is 22.2 Å². The first kappa shape index (κ1) is 13.3. The Labute approximate surface area is 103 Å². The van der Waals surface area contributed by atoms with E-state index in [1.165, 1.54) is 0 Å². The average molecular weight is 290 g/mol. The number of benzene rings is 1. The molecule has 0 amide bonds. The molecule has 0 heterocycles. The zero-order valence-electron chi connectivity index (χ0n) is 9.53. The van der Waals surface area contributed by atoms with Crippen LogP contribution in [0.2, 0.25) is 0 Å². The van der Waals surface area contributed by atoms with Crippen molar-refractivity contribution in [2.75, 3.05) is 14.2 Å². The van der Waals surface area contributed by atoms with Gasteiger partial charge >= 0.3 is 0 Å². The summed E-state index contributed by atoms with van der Waals surface area (Å²) in [5, 5.41) is 9.94. The van der Waals surface area contributed by atoms with Crippen LogP contribution in [0.4, 0.5) is 0 Å². The van der Waals surface area contributed by atoms with Crippen LogP contribution < -0.4 is 15.2 Å². The molecule has 0 saturated carbocycles. The molecule has 16 heavy (non-hydrogen) atoms. The summed E-state index contributed by atoms with van der Waals surface area (Å²) < 4.78 is 11.1. The van der Waals surface area contributed by atoms with Crippen LogP contribution in [0.5, 0.6) is 11.5 Å². The second-order valence-electron chi connectivity index (χ2n) is 3.53. The van der Waals surface area contributed by atoms with Crippen molar-refractivity contribution >= 4 is 15.9 Å². The van der Waals surface area contributed by atoms with E-state index in [2.05, 4.69) is 15.9 Å². The van der Waals surface area contributed by atoms with Crippen molar-refractivity contribution in [2.24, 2.45) is 5.73 Å². The van der Waals surface area contributed by atoms with Gasteiger partial charge in [-0.05, 0) is 35.0 Å². The number of aliphatic hydroxyl groups excluding tert-OH is 1. The van der Waals surface area contributed by atoms with Crippen LogP contribution in [-0.4, -0.2) is 25.4 Å². The van der Waals surface area contributed by atoms with Gasteiger partial charge in [0, 0.05) is 11.6 Å². The van der Waals surface area contributed by atoms with Gasteiger partial charge in [0.2, 0.25) is 0 Å². The van der Waals surface area contributed by atoms with Gasteiger partial charge in [-0.1, -0.05) is 0 Å². The fourth-order valence-corrected chi connectivity index (χ4v) is 1.88. The first-order chi connectivity index (χ1) is 7.51. The van der Waals surface area contributed by atoms with Gasteiger partial charge in [-0.3, -0.25) is 0 Å². The van der Waals surface area contributed by atoms with Crippen molar-refractivity contribution in [1.29, 1.82) is 0 Å². The second kappa shape index (κ2) is 5.52. The molecule has 0 aliphatic rings. The second-order valence-corrected chi connectivity index (χ2v) is 4.39. The van der Waals surface area contributed by atoms with Gasteiger partial charge in [-0.15, -0.1) is 0 Å². The number of hydrogen-bond donors (Lipinski definition) is 2. The van der Waals surface area contributed by atoms with Crippen LogP contribution in [0.15, 0.2) is 16.6 Å². The Balaban J connectivity index is 3.24. The summed E-state index contributed by atoms with van der Waals surface area (Å²) in [5.74, 6) is 1.22. The van der Waals surface area contributed by atoms with Crippen LogP contribution in [0.25, 0.3) is 0 Å². The van der Waals surface area contributed by atoms with E-state index in [4.69, 9.17) is 15.2 Å². The molecule has 3 N–H and O–H groups in total. The highest BCUT2D eigenvalue weighted by molar-refractivity contribution is 9.10. The molecule has 90 valence electrons. The minimum absolute atomic E-state index is 0.375. The highest BCUT2D eigenvalue weighted by atomic mass is 79.9. The maximum atomic E-state index is 9.94. The van der Waals surface area contributed by atoms with E-state index in [0.29, 0.717) is 17.1 Å². The van der Waals surface area contributed by atoms with Gasteiger partial charge in [-0.25, -0.2) is 0 Å². The molecule has 1 aromatic carbocycles. The first-order valence-corrected chi connectivity index (χ1v) is 5.65. The average Bonchev–Trinajstić information content (AvgIpc) is 2.27. The zero-order chi connectivity index (χ0) is 12.3. The van der Waals surface area contributed by atoms with Gasteiger partial charge in [0.05, 0.1) is 24.8 Å². The normalized spacial score (nSPS) is 14.4. The molecule has 0 fully saturated rings. The molecule has 5 heteroatoms. The molecule has 1 aromatic rings. The largest absolute Gasteiger partial charge is 0.496 e. The summed E-state index contributed by atoms with van der Waals surface area (Å²) in [6, 6.07) is 3.09. The van der Waals surface area contributed by atoms with Crippen LogP contribution in [0.3, 0.4) is 0 Å². The van der Waals surface area contributed by atoms with E-state index < -0.39 is 6.10 Å². The standard InChI is InChI=1S/C11H16BrNO3/c1-6(13)11(14)7-4-10(16-3)8(12)5-9(7)15-2/h4-6,11,14H,13H2,1-3H3/t6-,11-/m0/s1. The van der Waals surface area contributed by atoms with Gasteiger partial charge < -0.3 is 20.3 Å². The number of hydrogen-bond acceptors (Lipinski definition) is 4. The number of halogens is 1. The Bertz CT molecular complexity index is 368. The lowest BCUT2D eigenvalue weighted by atomic mass is 10.0. The molecule has 0 saturated heterocycles. The summed E-state index contributed by atoms with van der Waals surface area (Å²) in [6.45, 7) is 1.73. The maximum Gasteiger partial charge on any atom is 0.133 e. The monoisotopic (exact) mass is 289 g/mol. The molecule has 0 radical (unpaired) electrons. The predicted octanol–water partition coefficient (Wildman–Crippen LogP) is 1.85. The number of rotatable bonds is 4. The third-order valence-electron chi connectivity index (χ3n) is 2.32. The molecule has 0 aliphatic heterocycles. The Morgan fingerprint density at radius 1 is 1.25 bits per heavy atom. The van der Waals surface area contributed by atoms with E-state index in [0.717, 1.165) is 4.47 Å². The zero-order valence-corrected chi connectivity index (χ0v) is 11.1. The highest BCUT2D eigenvalue weighted by Gasteiger charge is 2.19. The van der Waals surface area contributed by atoms with Crippen LogP contribution >= 0.6 is 15.9 Å². The van der Waals surface area contributed by atoms with Gasteiger partial charge in [0.1, 0.15) is 11.5 Å². The highest BCUT2D eigenvalue weighted by Crippen LogP contribution is 2.36. The Morgan fingerprint density at radius 3 is 2.25 bits per heavy atom. The lowest BCUT2D eigenvalue weighted by molar-refractivity contribution is 0.149. The van der Waals surface area contributed by atoms with Gasteiger partial charge in [0.15, 0.2) is 0 Å². The first-order valence-electron chi connectivity index (χ1n) is 4.86. The summed E-state index contributed by atoms with van der Waals surface area (Å²) in [7, 11) is 3.11. The number of ether oxygens (including phenoxy) is 2. The van der Waals surface area contributed by atoms with E-state index >= 15 is 0 Å². The molecule has 0 aliphatic carbocycles. The Hall–Kier alpha value is -0.780.